The minimum Gasteiger partial charge on any atom is -0.456 e. The lowest BCUT2D eigenvalue weighted by atomic mass is 9.76. The first-order valence-electron chi connectivity index (χ1n) is 11.6. The molecule has 37 heavy (non-hydrogen) atoms. The number of esters is 1. The number of rotatable bonds is 3. The molecule has 0 amide bonds. The second-order valence-corrected chi connectivity index (χ2v) is 9.08. The number of carbonyl (C=O) groups excluding carboxylic acids is 1. The van der Waals surface area contributed by atoms with Gasteiger partial charge in [0.15, 0.2) is 5.60 Å². The molecule has 0 aliphatic carbocycles. The maximum atomic E-state index is 14.9. The number of alkyl halides is 3. The van der Waals surface area contributed by atoms with Crippen molar-refractivity contribution in [2.45, 2.75) is 11.9 Å². The highest BCUT2D eigenvalue weighted by Crippen LogP contribution is 2.59. The Morgan fingerprint density at radius 3 is 2.16 bits per heavy atom. The molecular weight excluding hydrogens is 481 g/mol. The first-order valence-corrected chi connectivity index (χ1v) is 11.6. The minimum atomic E-state index is -4.81. The Bertz CT molecular complexity index is 1550. The first kappa shape index (κ1) is 23.0. The van der Waals surface area contributed by atoms with Gasteiger partial charge in [-0.2, -0.15) is 0 Å². The standard InChI is InChI=1S/C29H21F3N2O3/c1-33(2)18-9-7-10-19(17-18)34(29(30,31)32)23-14-8-16-25-26(23)28(22-13-5-6-15-24(22)36-25)21-12-4-3-11-20(21)27(35)37-28/h3-17H,1-2H3. The summed E-state index contributed by atoms with van der Waals surface area (Å²) < 4.78 is 56.9. The zero-order valence-electron chi connectivity index (χ0n) is 19.9. The van der Waals surface area contributed by atoms with Crippen LogP contribution in [0.15, 0.2) is 91.0 Å². The third kappa shape index (κ3) is 3.36. The average molecular weight is 502 g/mol. The van der Waals surface area contributed by atoms with Gasteiger partial charge in [-0.05, 0) is 42.5 Å². The summed E-state index contributed by atoms with van der Waals surface area (Å²) in [6.45, 7) is 0. The maximum absolute atomic E-state index is 14.9. The fourth-order valence-corrected chi connectivity index (χ4v) is 5.18. The van der Waals surface area contributed by atoms with Crippen LogP contribution >= 0.6 is 0 Å². The van der Waals surface area contributed by atoms with Crippen molar-refractivity contribution in [1.82, 2.24) is 0 Å². The summed E-state index contributed by atoms with van der Waals surface area (Å²) in [6, 6.07) is 24.4. The Balaban J connectivity index is 1.69. The second-order valence-electron chi connectivity index (χ2n) is 9.08. The van der Waals surface area contributed by atoms with E-state index in [0.717, 1.165) is 0 Å². The molecule has 2 heterocycles. The van der Waals surface area contributed by atoms with Crippen LogP contribution in [0, 0.1) is 0 Å². The number of ether oxygens (including phenoxy) is 2. The second kappa shape index (κ2) is 8.03. The number of benzene rings is 4. The molecule has 186 valence electrons. The molecule has 0 bridgehead atoms. The summed E-state index contributed by atoms with van der Waals surface area (Å²) in [5.74, 6) is -0.0234. The minimum absolute atomic E-state index is 0.0845. The van der Waals surface area contributed by atoms with Gasteiger partial charge in [0.25, 0.3) is 0 Å². The van der Waals surface area contributed by atoms with E-state index in [2.05, 4.69) is 0 Å². The number of para-hydroxylation sites is 1. The van der Waals surface area contributed by atoms with Crippen molar-refractivity contribution >= 4 is 23.0 Å². The lowest BCUT2D eigenvalue weighted by molar-refractivity contribution is -0.121. The van der Waals surface area contributed by atoms with Crippen LogP contribution in [0.3, 0.4) is 0 Å². The van der Waals surface area contributed by atoms with Crippen molar-refractivity contribution < 1.29 is 27.4 Å². The molecule has 6 rings (SSSR count). The summed E-state index contributed by atoms with van der Waals surface area (Å²) in [6.07, 6.45) is -4.81. The Kier molecular flexibility index (Phi) is 4.98. The van der Waals surface area contributed by atoms with Gasteiger partial charge in [0.2, 0.25) is 0 Å². The van der Waals surface area contributed by atoms with E-state index in [9.17, 15) is 18.0 Å². The molecule has 4 aromatic carbocycles. The van der Waals surface area contributed by atoms with Crippen LogP contribution in [0.5, 0.6) is 11.5 Å². The van der Waals surface area contributed by atoms with E-state index >= 15 is 0 Å². The summed E-state index contributed by atoms with van der Waals surface area (Å²) in [4.78, 5) is 15.2. The molecule has 2 aliphatic rings. The van der Waals surface area contributed by atoms with Crippen LogP contribution in [0.25, 0.3) is 0 Å². The third-order valence-corrected chi connectivity index (χ3v) is 6.71. The van der Waals surface area contributed by atoms with E-state index in [1.165, 1.54) is 24.3 Å². The van der Waals surface area contributed by atoms with Gasteiger partial charge >= 0.3 is 12.3 Å². The number of hydrogen-bond acceptors (Lipinski definition) is 5. The van der Waals surface area contributed by atoms with E-state index < -0.39 is 17.9 Å². The molecule has 1 spiro atoms. The Morgan fingerprint density at radius 2 is 1.41 bits per heavy atom. The van der Waals surface area contributed by atoms with E-state index in [-0.39, 0.29) is 22.7 Å². The molecule has 1 unspecified atom stereocenters. The van der Waals surface area contributed by atoms with Crippen LogP contribution < -0.4 is 14.5 Å². The van der Waals surface area contributed by atoms with Crippen molar-refractivity contribution in [3.8, 4) is 11.5 Å². The van der Waals surface area contributed by atoms with Gasteiger partial charge in [0.05, 0.1) is 22.5 Å². The number of fused-ring (bicyclic) bond motifs is 6. The molecule has 2 aliphatic heterocycles. The predicted molar refractivity (Wildman–Crippen MR) is 134 cm³/mol. The summed E-state index contributed by atoms with van der Waals surface area (Å²) in [7, 11) is 3.52. The molecule has 0 radical (unpaired) electrons. The van der Waals surface area contributed by atoms with Crippen molar-refractivity contribution in [3.05, 3.63) is 113 Å². The highest BCUT2D eigenvalue weighted by molar-refractivity contribution is 5.97. The SMILES string of the molecule is CN(C)c1cccc(N(c2cccc3c2C2(OC(=O)c4ccccc42)c2ccccc2O3)C(F)(F)F)c1. The van der Waals surface area contributed by atoms with Crippen molar-refractivity contribution in [1.29, 1.82) is 0 Å². The molecule has 8 heteroatoms. The van der Waals surface area contributed by atoms with E-state index in [4.69, 9.17) is 9.47 Å². The molecule has 0 saturated carbocycles. The van der Waals surface area contributed by atoms with Crippen molar-refractivity contribution in [2.75, 3.05) is 23.9 Å². The summed E-state index contributed by atoms with van der Waals surface area (Å²) in [5.41, 5.74) is 0.0276. The number of carbonyl (C=O) groups is 1. The third-order valence-electron chi connectivity index (χ3n) is 6.71. The normalized spacial score (nSPS) is 17.4. The molecule has 0 aromatic heterocycles. The number of anilines is 3. The van der Waals surface area contributed by atoms with Crippen LogP contribution in [0.4, 0.5) is 30.2 Å². The topological polar surface area (TPSA) is 42.0 Å². The van der Waals surface area contributed by atoms with E-state index in [1.807, 2.05) is 0 Å². The number of halogens is 3. The molecule has 0 fully saturated rings. The van der Waals surface area contributed by atoms with Crippen LogP contribution in [-0.2, 0) is 10.3 Å². The van der Waals surface area contributed by atoms with E-state index in [0.29, 0.717) is 33.0 Å². The Morgan fingerprint density at radius 1 is 0.757 bits per heavy atom. The first-order chi connectivity index (χ1) is 17.7. The predicted octanol–water partition coefficient (Wildman–Crippen LogP) is 6.98. The monoisotopic (exact) mass is 502 g/mol. The van der Waals surface area contributed by atoms with Gasteiger partial charge in [-0.3, -0.25) is 4.90 Å². The van der Waals surface area contributed by atoms with Gasteiger partial charge in [0.1, 0.15) is 11.5 Å². The molecule has 5 nitrogen and oxygen atoms in total. The van der Waals surface area contributed by atoms with Gasteiger partial charge in [-0.25, -0.2) is 4.79 Å². The van der Waals surface area contributed by atoms with E-state index in [1.54, 1.807) is 85.7 Å². The molecule has 4 aromatic rings. The smallest absolute Gasteiger partial charge is 0.456 e. The van der Waals surface area contributed by atoms with Crippen LogP contribution in [-0.4, -0.2) is 26.4 Å². The fourth-order valence-electron chi connectivity index (χ4n) is 5.18. The average Bonchev–Trinajstić information content (AvgIpc) is 3.16. The van der Waals surface area contributed by atoms with Gasteiger partial charge in [-0.15, -0.1) is 13.2 Å². The molecule has 0 saturated heterocycles. The zero-order chi connectivity index (χ0) is 25.9. The molecule has 1 atom stereocenters. The van der Waals surface area contributed by atoms with Gasteiger partial charge in [-0.1, -0.05) is 48.5 Å². The Labute approximate surface area is 211 Å². The van der Waals surface area contributed by atoms with Crippen molar-refractivity contribution in [2.24, 2.45) is 0 Å². The lowest BCUT2D eigenvalue weighted by Gasteiger charge is -2.40. The zero-order valence-corrected chi connectivity index (χ0v) is 19.9. The fraction of sp³-hybridized carbons (Fsp3) is 0.138. The molecule has 0 N–H and O–H groups in total. The largest absolute Gasteiger partial charge is 0.489 e. The van der Waals surface area contributed by atoms with Crippen molar-refractivity contribution in [3.63, 3.8) is 0 Å². The molecular formula is C29H21F3N2O3. The number of nitrogens with zero attached hydrogens (tertiary/aromatic N) is 2. The van der Waals surface area contributed by atoms with Crippen LogP contribution in [0.2, 0.25) is 0 Å². The van der Waals surface area contributed by atoms with Crippen LogP contribution in [0.1, 0.15) is 27.0 Å². The maximum Gasteiger partial charge on any atom is 0.489 e. The Hall–Kier alpha value is -4.46. The number of hydrogen-bond donors (Lipinski definition) is 0. The summed E-state index contributed by atoms with van der Waals surface area (Å²) in [5, 5.41) is 0. The lowest BCUT2D eigenvalue weighted by Crippen LogP contribution is -2.39. The highest BCUT2D eigenvalue weighted by atomic mass is 19.4. The van der Waals surface area contributed by atoms with Gasteiger partial charge < -0.3 is 14.4 Å². The van der Waals surface area contributed by atoms with Gasteiger partial charge in [0, 0.05) is 30.9 Å². The highest BCUT2D eigenvalue weighted by Gasteiger charge is 2.56. The summed E-state index contributed by atoms with van der Waals surface area (Å²) >= 11 is 0. The quantitative estimate of drug-likeness (QED) is 0.223.